The molecule has 0 N–H and O–H groups in total. The molecule has 4 aromatic carbocycles. The Morgan fingerprint density at radius 3 is 1.62 bits per heavy atom. The third-order valence-electron chi connectivity index (χ3n) is 6.93. The van der Waals surface area contributed by atoms with Gasteiger partial charge in [-0.05, 0) is 66.1 Å². The highest BCUT2D eigenvalue weighted by atomic mass is 15.1. The second-order valence-corrected chi connectivity index (χ2v) is 9.44. The molecule has 172 valence electrons. The third kappa shape index (κ3) is 3.81. The summed E-state index contributed by atoms with van der Waals surface area (Å²) < 4.78 is 2.42. The molecule has 0 aliphatic rings. The number of benzene rings is 4. The quantitative estimate of drug-likeness (QED) is 0.257. The summed E-state index contributed by atoms with van der Waals surface area (Å²) in [5, 5.41) is 2.65. The first-order valence-corrected chi connectivity index (χ1v) is 12.0. The predicted octanol–water partition coefficient (Wildman–Crippen LogP) is 7.13. The molecule has 0 fully saturated rings. The van der Waals surface area contributed by atoms with Gasteiger partial charge in [-0.15, -0.1) is 0 Å². The fourth-order valence-electron chi connectivity index (χ4n) is 5.10. The summed E-state index contributed by atoms with van der Waals surface area (Å²) in [5.74, 6) is 0.167. The van der Waals surface area contributed by atoms with E-state index in [2.05, 4.69) is 140 Å². The maximum atomic E-state index is 2.42. The first-order valence-electron chi connectivity index (χ1n) is 12.0. The molecule has 0 unspecified atom stereocenters. The zero-order valence-corrected chi connectivity index (χ0v) is 20.8. The largest absolute Gasteiger partial charge is 0.378 e. The smallest absolute Gasteiger partial charge is 0.0491 e. The van der Waals surface area contributed by atoms with Gasteiger partial charge in [0.05, 0.1) is 0 Å². The highest BCUT2D eigenvalue weighted by Crippen LogP contribution is 2.37. The molecule has 0 aliphatic heterocycles. The van der Waals surface area contributed by atoms with Gasteiger partial charge in [0.15, 0.2) is 0 Å². The van der Waals surface area contributed by atoms with Crippen LogP contribution < -0.4 is 9.80 Å². The number of nitrogens with zero attached hydrogens (tertiary/aromatic N) is 3. The first-order chi connectivity index (χ1) is 16.5. The first kappa shape index (κ1) is 22.1. The van der Waals surface area contributed by atoms with Crippen LogP contribution >= 0.6 is 0 Å². The van der Waals surface area contributed by atoms with Crippen LogP contribution in [-0.2, 0) is 6.54 Å². The van der Waals surface area contributed by atoms with Gasteiger partial charge in [-0.2, -0.15) is 0 Å². The SMILES string of the molecule is CCn1c2ccccc2c2cc(C(c3ccc(N(C)C)cc3)c3ccc(N(C)C)cc3)ccc21. The van der Waals surface area contributed by atoms with Crippen LogP contribution in [0.15, 0.2) is 91.0 Å². The summed E-state index contributed by atoms with van der Waals surface area (Å²) in [6.45, 7) is 3.19. The lowest BCUT2D eigenvalue weighted by Crippen LogP contribution is -2.10. The Balaban J connectivity index is 1.70. The van der Waals surface area contributed by atoms with Crippen LogP contribution in [0.3, 0.4) is 0 Å². The monoisotopic (exact) mass is 447 g/mol. The molecule has 0 spiro atoms. The Morgan fingerprint density at radius 1 is 0.588 bits per heavy atom. The molecule has 1 aromatic heterocycles. The molecular weight excluding hydrogens is 414 g/mol. The van der Waals surface area contributed by atoms with Gasteiger partial charge in [-0.25, -0.2) is 0 Å². The molecule has 0 atom stereocenters. The van der Waals surface area contributed by atoms with E-state index in [1.54, 1.807) is 0 Å². The summed E-state index contributed by atoms with van der Waals surface area (Å²) in [5.41, 5.74) is 8.97. The molecule has 0 saturated heterocycles. The van der Waals surface area contributed by atoms with Gasteiger partial charge in [0.2, 0.25) is 0 Å². The summed E-state index contributed by atoms with van der Waals surface area (Å²) in [4.78, 5) is 4.30. The van der Waals surface area contributed by atoms with Crippen molar-refractivity contribution in [2.75, 3.05) is 38.0 Å². The third-order valence-corrected chi connectivity index (χ3v) is 6.93. The number of hydrogen-bond acceptors (Lipinski definition) is 2. The number of aromatic nitrogens is 1. The fourth-order valence-corrected chi connectivity index (χ4v) is 5.10. The van der Waals surface area contributed by atoms with Crippen molar-refractivity contribution < 1.29 is 0 Å². The number of hydrogen-bond donors (Lipinski definition) is 0. The van der Waals surface area contributed by atoms with Crippen LogP contribution in [0.4, 0.5) is 11.4 Å². The Morgan fingerprint density at radius 2 is 1.09 bits per heavy atom. The number of rotatable bonds is 6. The number of fused-ring (bicyclic) bond motifs is 3. The maximum Gasteiger partial charge on any atom is 0.0491 e. The van der Waals surface area contributed by atoms with Crippen LogP contribution in [0, 0.1) is 0 Å². The summed E-state index contributed by atoms with van der Waals surface area (Å²) >= 11 is 0. The van der Waals surface area contributed by atoms with E-state index in [4.69, 9.17) is 0 Å². The molecule has 1 heterocycles. The molecule has 5 aromatic rings. The molecule has 0 amide bonds. The molecular formula is C31H33N3. The van der Waals surface area contributed by atoms with E-state index in [0.29, 0.717) is 0 Å². The van der Waals surface area contributed by atoms with E-state index >= 15 is 0 Å². The Bertz CT molecular complexity index is 1370. The van der Waals surface area contributed by atoms with Crippen LogP contribution in [0.1, 0.15) is 29.5 Å². The normalized spacial score (nSPS) is 11.5. The standard InChI is InChI=1S/C31H33N3/c1-6-34-29-10-8-7-9-27(29)28-21-24(15-20-30(28)34)31(22-11-16-25(17-12-22)32(2)3)23-13-18-26(19-14-23)33(4)5/h7-21,31H,6H2,1-5H3. The summed E-state index contributed by atoms with van der Waals surface area (Å²) in [6, 6.07) is 33.8. The lowest BCUT2D eigenvalue weighted by Gasteiger charge is -2.22. The van der Waals surface area contributed by atoms with E-state index in [0.717, 1.165) is 6.54 Å². The van der Waals surface area contributed by atoms with Crippen LogP contribution in [0.25, 0.3) is 21.8 Å². The highest BCUT2D eigenvalue weighted by Gasteiger charge is 2.19. The van der Waals surface area contributed by atoms with Gasteiger partial charge in [0.25, 0.3) is 0 Å². The molecule has 3 nitrogen and oxygen atoms in total. The van der Waals surface area contributed by atoms with E-state index in [-0.39, 0.29) is 5.92 Å². The number of aryl methyl sites for hydroxylation is 1. The lowest BCUT2D eigenvalue weighted by molar-refractivity contribution is 0.827. The van der Waals surface area contributed by atoms with Crippen LogP contribution in [-0.4, -0.2) is 32.8 Å². The Kier molecular flexibility index (Phi) is 5.79. The van der Waals surface area contributed by atoms with Gasteiger partial charge < -0.3 is 14.4 Å². The minimum absolute atomic E-state index is 0.167. The van der Waals surface area contributed by atoms with Crippen molar-refractivity contribution in [2.24, 2.45) is 0 Å². The topological polar surface area (TPSA) is 11.4 Å². The molecule has 0 radical (unpaired) electrons. The van der Waals surface area contributed by atoms with Crippen LogP contribution in [0.5, 0.6) is 0 Å². The minimum Gasteiger partial charge on any atom is -0.378 e. The highest BCUT2D eigenvalue weighted by molar-refractivity contribution is 6.08. The Hall–Kier alpha value is -3.72. The van der Waals surface area contributed by atoms with Gasteiger partial charge in [-0.3, -0.25) is 0 Å². The van der Waals surface area contributed by atoms with E-state index in [1.807, 2.05) is 0 Å². The average Bonchev–Trinajstić information content (AvgIpc) is 3.18. The molecule has 0 bridgehead atoms. The molecule has 0 saturated carbocycles. The zero-order valence-electron chi connectivity index (χ0n) is 20.8. The van der Waals surface area contributed by atoms with Crippen molar-refractivity contribution in [2.45, 2.75) is 19.4 Å². The molecule has 5 rings (SSSR count). The van der Waals surface area contributed by atoms with Gasteiger partial charge in [0, 0.05) is 73.8 Å². The van der Waals surface area contributed by atoms with Crippen LogP contribution in [0.2, 0.25) is 0 Å². The summed E-state index contributed by atoms with van der Waals surface area (Å²) in [6.07, 6.45) is 0. The van der Waals surface area contributed by atoms with Crippen molar-refractivity contribution in [3.8, 4) is 0 Å². The number of anilines is 2. The predicted molar refractivity (Wildman–Crippen MR) is 148 cm³/mol. The fraction of sp³-hybridized carbons (Fsp3) is 0.226. The second-order valence-electron chi connectivity index (χ2n) is 9.44. The van der Waals surface area contributed by atoms with Crippen molar-refractivity contribution in [3.63, 3.8) is 0 Å². The van der Waals surface area contributed by atoms with Crippen molar-refractivity contribution in [1.29, 1.82) is 0 Å². The van der Waals surface area contributed by atoms with Crippen molar-refractivity contribution in [3.05, 3.63) is 108 Å². The van der Waals surface area contributed by atoms with E-state index < -0.39 is 0 Å². The molecule has 0 aliphatic carbocycles. The molecule has 34 heavy (non-hydrogen) atoms. The Labute approximate surface area is 202 Å². The lowest BCUT2D eigenvalue weighted by atomic mass is 9.84. The number of para-hydroxylation sites is 1. The zero-order chi connectivity index (χ0) is 23.8. The van der Waals surface area contributed by atoms with E-state index in [1.165, 1.54) is 49.9 Å². The maximum absolute atomic E-state index is 2.42. The van der Waals surface area contributed by atoms with E-state index in [9.17, 15) is 0 Å². The van der Waals surface area contributed by atoms with Crippen molar-refractivity contribution >= 4 is 33.2 Å². The average molecular weight is 448 g/mol. The van der Waals surface area contributed by atoms with Crippen molar-refractivity contribution in [1.82, 2.24) is 4.57 Å². The van der Waals surface area contributed by atoms with Gasteiger partial charge in [0.1, 0.15) is 0 Å². The minimum atomic E-state index is 0.167. The van der Waals surface area contributed by atoms with Gasteiger partial charge >= 0.3 is 0 Å². The summed E-state index contributed by atoms with van der Waals surface area (Å²) in [7, 11) is 8.35. The second kappa shape index (κ2) is 8.90. The van der Waals surface area contributed by atoms with Gasteiger partial charge in [-0.1, -0.05) is 48.5 Å². The molecule has 3 heteroatoms.